The highest BCUT2D eigenvalue weighted by atomic mass is 35.5. The van der Waals surface area contributed by atoms with E-state index in [-0.39, 0.29) is 33.6 Å². The molecule has 11 heteroatoms. The van der Waals surface area contributed by atoms with E-state index in [0.29, 0.717) is 5.56 Å². The Morgan fingerprint density at radius 1 is 0.848 bits per heavy atom. The summed E-state index contributed by atoms with van der Waals surface area (Å²) in [7, 11) is -4.32. The summed E-state index contributed by atoms with van der Waals surface area (Å²) in [5.74, 6) is -1.71. The van der Waals surface area contributed by atoms with Gasteiger partial charge in [0.1, 0.15) is 18.4 Å². The summed E-state index contributed by atoms with van der Waals surface area (Å²) in [6.45, 7) is 6.42. The number of hydrogen-bond donors (Lipinski definition) is 1. The second-order valence-corrected chi connectivity index (χ2v) is 14.6. The average Bonchev–Trinajstić information content (AvgIpc) is 2.99. The number of aryl methyl sites for hydroxylation is 1. The highest BCUT2D eigenvalue weighted by Gasteiger charge is 2.36. The molecular formula is C35H36Cl2FN3O4S. The summed E-state index contributed by atoms with van der Waals surface area (Å²) in [6, 6.07) is 24.0. The van der Waals surface area contributed by atoms with E-state index in [1.165, 1.54) is 29.2 Å². The molecule has 0 aliphatic heterocycles. The van der Waals surface area contributed by atoms with Crippen molar-refractivity contribution in [3.05, 3.63) is 130 Å². The number of carbonyl (C=O) groups excluding carboxylic acids is 2. The molecule has 46 heavy (non-hydrogen) atoms. The molecule has 0 bridgehead atoms. The zero-order valence-corrected chi connectivity index (χ0v) is 28.3. The fourth-order valence-corrected chi connectivity index (χ4v) is 6.77. The maximum atomic E-state index is 14.5. The molecule has 0 fully saturated rings. The molecule has 7 nitrogen and oxygen atoms in total. The Hall–Kier alpha value is -3.92. The Balaban J connectivity index is 1.85. The first-order valence-corrected chi connectivity index (χ1v) is 16.8. The van der Waals surface area contributed by atoms with Gasteiger partial charge >= 0.3 is 0 Å². The fourth-order valence-electron chi connectivity index (χ4n) is 4.83. The van der Waals surface area contributed by atoms with Crippen LogP contribution in [0.3, 0.4) is 0 Å². The third kappa shape index (κ3) is 8.87. The monoisotopic (exact) mass is 683 g/mol. The number of hydrogen-bond acceptors (Lipinski definition) is 4. The van der Waals surface area contributed by atoms with E-state index in [2.05, 4.69) is 5.32 Å². The normalized spacial score (nSPS) is 12.3. The van der Waals surface area contributed by atoms with Crippen LogP contribution in [-0.4, -0.2) is 43.3 Å². The quantitative estimate of drug-likeness (QED) is 0.181. The van der Waals surface area contributed by atoms with Gasteiger partial charge in [-0.2, -0.15) is 0 Å². The summed E-state index contributed by atoms with van der Waals surface area (Å²) in [5, 5.41) is 3.53. The van der Waals surface area contributed by atoms with Gasteiger partial charge in [0.25, 0.3) is 10.0 Å². The van der Waals surface area contributed by atoms with Crippen molar-refractivity contribution in [2.24, 2.45) is 0 Å². The highest BCUT2D eigenvalue weighted by molar-refractivity contribution is 7.92. The lowest BCUT2D eigenvalue weighted by Gasteiger charge is -2.35. The topological polar surface area (TPSA) is 86.8 Å². The Morgan fingerprint density at radius 2 is 1.43 bits per heavy atom. The standard InChI is InChI=1S/C35H36Cl2FN3O4S/c1-24-13-19-28(20-14-24)46(44,45)41(27-17-15-26(38)16-18-27)23-33(42)40(22-29-30(36)11-8-12-31(29)37)32(34(43)39-35(2,3)4)21-25-9-6-5-7-10-25/h5-20,32H,21-23H2,1-4H3,(H,39,43)/t32-/m0/s1. The van der Waals surface area contributed by atoms with Crippen LogP contribution in [0.2, 0.25) is 10.0 Å². The van der Waals surface area contributed by atoms with Gasteiger partial charge in [0.15, 0.2) is 0 Å². The third-order valence-corrected chi connectivity index (χ3v) is 9.66. The SMILES string of the molecule is Cc1ccc(S(=O)(=O)N(CC(=O)N(Cc2c(Cl)cccc2Cl)[C@@H](Cc2ccccc2)C(=O)NC(C)(C)C)c2ccc(F)cc2)cc1. The maximum absolute atomic E-state index is 14.5. The van der Waals surface area contributed by atoms with Crippen molar-refractivity contribution in [3.63, 3.8) is 0 Å². The lowest BCUT2D eigenvalue weighted by Crippen LogP contribution is -2.56. The van der Waals surface area contributed by atoms with Crippen LogP contribution in [0.25, 0.3) is 0 Å². The van der Waals surface area contributed by atoms with E-state index in [1.807, 2.05) is 58.0 Å². The number of benzene rings is 4. The van der Waals surface area contributed by atoms with E-state index >= 15 is 0 Å². The van der Waals surface area contributed by atoms with E-state index < -0.39 is 45.8 Å². The number of carbonyl (C=O) groups is 2. The van der Waals surface area contributed by atoms with Crippen LogP contribution in [0.4, 0.5) is 10.1 Å². The van der Waals surface area contributed by atoms with Crippen LogP contribution in [0, 0.1) is 12.7 Å². The second kappa shape index (κ2) is 14.7. The predicted octanol–water partition coefficient (Wildman–Crippen LogP) is 7.19. The Labute approximate surface area is 280 Å². The van der Waals surface area contributed by atoms with Crippen molar-refractivity contribution in [1.82, 2.24) is 10.2 Å². The van der Waals surface area contributed by atoms with Crippen molar-refractivity contribution in [1.29, 1.82) is 0 Å². The van der Waals surface area contributed by atoms with Gasteiger partial charge in [0.2, 0.25) is 11.8 Å². The predicted molar refractivity (Wildman–Crippen MR) is 181 cm³/mol. The largest absolute Gasteiger partial charge is 0.350 e. The van der Waals surface area contributed by atoms with Crippen LogP contribution in [0.5, 0.6) is 0 Å². The molecule has 0 radical (unpaired) electrons. The molecule has 4 aromatic rings. The minimum Gasteiger partial charge on any atom is -0.350 e. The number of halogens is 3. The first-order chi connectivity index (χ1) is 21.7. The zero-order chi connectivity index (χ0) is 33.6. The van der Waals surface area contributed by atoms with Crippen LogP contribution in [0.15, 0.2) is 102 Å². The number of nitrogens with zero attached hydrogens (tertiary/aromatic N) is 2. The zero-order valence-electron chi connectivity index (χ0n) is 26.0. The van der Waals surface area contributed by atoms with Crippen LogP contribution < -0.4 is 9.62 Å². The molecule has 0 saturated carbocycles. The van der Waals surface area contributed by atoms with Gasteiger partial charge in [0.05, 0.1) is 10.6 Å². The molecule has 4 aromatic carbocycles. The summed E-state index contributed by atoms with van der Waals surface area (Å²) < 4.78 is 43.0. The van der Waals surface area contributed by atoms with Gasteiger partial charge in [-0.25, -0.2) is 12.8 Å². The van der Waals surface area contributed by atoms with Crippen LogP contribution >= 0.6 is 23.2 Å². The molecule has 0 aliphatic carbocycles. The molecule has 0 aromatic heterocycles. The second-order valence-electron chi connectivity index (χ2n) is 12.0. The smallest absolute Gasteiger partial charge is 0.264 e. The third-order valence-electron chi connectivity index (χ3n) is 7.16. The number of anilines is 1. The molecule has 1 atom stereocenters. The summed E-state index contributed by atoms with van der Waals surface area (Å²) >= 11 is 13.1. The average molecular weight is 685 g/mol. The number of nitrogens with one attached hydrogen (secondary N) is 1. The Morgan fingerprint density at radius 3 is 2.00 bits per heavy atom. The molecule has 2 amide bonds. The summed E-state index contributed by atoms with van der Waals surface area (Å²) in [6.07, 6.45) is 0.123. The number of amides is 2. The Kier molecular flexibility index (Phi) is 11.1. The van der Waals surface area contributed by atoms with Crippen molar-refractivity contribution < 1.29 is 22.4 Å². The minimum absolute atomic E-state index is 0.0535. The first kappa shape index (κ1) is 34.9. The van der Waals surface area contributed by atoms with Gasteiger partial charge in [-0.1, -0.05) is 77.3 Å². The van der Waals surface area contributed by atoms with Crippen LogP contribution in [0.1, 0.15) is 37.5 Å². The van der Waals surface area contributed by atoms with E-state index in [4.69, 9.17) is 23.2 Å². The van der Waals surface area contributed by atoms with Gasteiger partial charge in [-0.3, -0.25) is 13.9 Å². The van der Waals surface area contributed by atoms with Crippen molar-refractivity contribution >= 4 is 50.7 Å². The van der Waals surface area contributed by atoms with Gasteiger partial charge in [-0.15, -0.1) is 0 Å². The summed E-state index contributed by atoms with van der Waals surface area (Å²) in [4.78, 5) is 29.8. The molecule has 0 unspecified atom stereocenters. The molecule has 0 aliphatic rings. The number of sulfonamides is 1. The molecular weight excluding hydrogens is 648 g/mol. The van der Waals surface area contributed by atoms with Gasteiger partial charge < -0.3 is 10.2 Å². The van der Waals surface area contributed by atoms with Crippen LogP contribution in [-0.2, 0) is 32.6 Å². The molecule has 242 valence electrons. The van der Waals surface area contributed by atoms with Crippen molar-refractivity contribution in [3.8, 4) is 0 Å². The Bertz CT molecular complexity index is 1760. The molecule has 0 saturated heterocycles. The first-order valence-electron chi connectivity index (χ1n) is 14.6. The van der Waals surface area contributed by atoms with Crippen molar-refractivity contribution in [2.45, 2.75) is 57.1 Å². The molecule has 0 heterocycles. The molecule has 0 spiro atoms. The van der Waals surface area contributed by atoms with Crippen molar-refractivity contribution in [2.75, 3.05) is 10.8 Å². The lowest BCUT2D eigenvalue weighted by molar-refractivity contribution is -0.140. The fraction of sp³-hybridized carbons (Fsp3) is 0.257. The van der Waals surface area contributed by atoms with E-state index in [9.17, 15) is 22.4 Å². The maximum Gasteiger partial charge on any atom is 0.264 e. The molecule has 4 rings (SSSR count). The molecule has 1 N–H and O–H groups in total. The highest BCUT2D eigenvalue weighted by Crippen LogP contribution is 2.29. The minimum atomic E-state index is -4.32. The van der Waals surface area contributed by atoms with E-state index in [1.54, 1.807) is 30.3 Å². The van der Waals surface area contributed by atoms with Gasteiger partial charge in [-0.05, 0) is 81.8 Å². The lowest BCUT2D eigenvalue weighted by atomic mass is 10.0. The van der Waals surface area contributed by atoms with Gasteiger partial charge in [0, 0.05) is 34.1 Å². The summed E-state index contributed by atoms with van der Waals surface area (Å²) in [5.41, 5.74) is 1.46. The number of rotatable bonds is 11. The van der Waals surface area contributed by atoms with E-state index in [0.717, 1.165) is 27.6 Å².